The fourth-order valence-electron chi connectivity index (χ4n) is 2.21. The molecule has 0 aliphatic heterocycles. The molecule has 0 aromatic heterocycles. The molecule has 0 aromatic carbocycles. The van der Waals surface area contributed by atoms with E-state index in [1.807, 2.05) is 0 Å². The van der Waals surface area contributed by atoms with Gasteiger partial charge in [-0.1, -0.05) is 19.8 Å². The summed E-state index contributed by atoms with van der Waals surface area (Å²) < 4.78 is 4.86. The first-order chi connectivity index (χ1) is 6.74. The van der Waals surface area contributed by atoms with E-state index in [1.54, 1.807) is 7.11 Å². The fourth-order valence-corrected chi connectivity index (χ4v) is 2.21. The molecule has 1 aliphatic rings. The average molecular weight is 201 g/mol. The highest BCUT2D eigenvalue weighted by Gasteiger charge is 2.22. The summed E-state index contributed by atoms with van der Waals surface area (Å²) in [5.74, 6) is 1.66. The van der Waals surface area contributed by atoms with Crippen molar-refractivity contribution in [3.63, 3.8) is 0 Å². The van der Waals surface area contributed by atoms with Crippen LogP contribution in [-0.4, -0.2) is 38.0 Å². The normalized spacial score (nSPS) is 29.4. The molecular formula is C11H23NO2. The molecule has 0 saturated heterocycles. The Morgan fingerprint density at radius 1 is 1.50 bits per heavy atom. The van der Waals surface area contributed by atoms with Gasteiger partial charge in [0, 0.05) is 13.7 Å². The topological polar surface area (TPSA) is 41.5 Å². The number of hydrogen-bond donors (Lipinski definition) is 2. The second kappa shape index (κ2) is 6.38. The van der Waals surface area contributed by atoms with Gasteiger partial charge in [0.05, 0.1) is 12.7 Å². The summed E-state index contributed by atoms with van der Waals surface area (Å²) in [4.78, 5) is 0. The van der Waals surface area contributed by atoms with Crippen LogP contribution in [-0.2, 0) is 4.74 Å². The van der Waals surface area contributed by atoms with Crippen molar-refractivity contribution in [2.45, 2.75) is 32.3 Å². The van der Waals surface area contributed by atoms with E-state index in [0.29, 0.717) is 13.2 Å². The van der Waals surface area contributed by atoms with E-state index < -0.39 is 0 Å². The van der Waals surface area contributed by atoms with Gasteiger partial charge >= 0.3 is 0 Å². The minimum absolute atomic E-state index is 0.364. The van der Waals surface area contributed by atoms with Gasteiger partial charge in [-0.3, -0.25) is 0 Å². The standard InChI is InChI=1S/C11H23NO2/c1-9-4-3-5-10(9)6-12-7-11(13)8-14-2/h9-13H,3-8H2,1-2H3. The summed E-state index contributed by atoms with van der Waals surface area (Å²) in [5.41, 5.74) is 0. The Hall–Kier alpha value is -0.120. The van der Waals surface area contributed by atoms with Gasteiger partial charge in [-0.05, 0) is 24.8 Å². The van der Waals surface area contributed by atoms with E-state index in [2.05, 4.69) is 12.2 Å². The van der Waals surface area contributed by atoms with Gasteiger partial charge in [-0.2, -0.15) is 0 Å². The van der Waals surface area contributed by atoms with E-state index in [-0.39, 0.29) is 6.10 Å². The third kappa shape index (κ3) is 3.95. The first kappa shape index (κ1) is 12.0. The highest BCUT2D eigenvalue weighted by atomic mass is 16.5. The number of nitrogens with one attached hydrogen (secondary N) is 1. The molecule has 14 heavy (non-hydrogen) atoms. The molecule has 1 fully saturated rings. The molecule has 3 nitrogen and oxygen atoms in total. The van der Waals surface area contributed by atoms with Gasteiger partial charge in [0.15, 0.2) is 0 Å². The Balaban J connectivity index is 2.03. The quantitative estimate of drug-likeness (QED) is 0.674. The number of aliphatic hydroxyl groups is 1. The average Bonchev–Trinajstić information content (AvgIpc) is 2.52. The minimum atomic E-state index is -0.364. The molecule has 1 saturated carbocycles. The van der Waals surface area contributed by atoms with E-state index in [4.69, 9.17) is 4.74 Å². The minimum Gasteiger partial charge on any atom is -0.389 e. The molecule has 0 spiro atoms. The molecule has 3 heteroatoms. The Labute approximate surface area is 86.8 Å². The molecule has 2 N–H and O–H groups in total. The Morgan fingerprint density at radius 3 is 2.86 bits per heavy atom. The highest BCUT2D eigenvalue weighted by Crippen LogP contribution is 2.30. The van der Waals surface area contributed by atoms with Gasteiger partial charge in [0.1, 0.15) is 0 Å². The van der Waals surface area contributed by atoms with Crippen LogP contribution < -0.4 is 5.32 Å². The Morgan fingerprint density at radius 2 is 2.29 bits per heavy atom. The number of aliphatic hydroxyl groups excluding tert-OH is 1. The first-order valence-corrected chi connectivity index (χ1v) is 5.61. The first-order valence-electron chi connectivity index (χ1n) is 5.61. The molecule has 1 rings (SSSR count). The number of ether oxygens (including phenoxy) is 1. The zero-order valence-corrected chi connectivity index (χ0v) is 9.33. The summed E-state index contributed by atoms with van der Waals surface area (Å²) >= 11 is 0. The van der Waals surface area contributed by atoms with E-state index in [0.717, 1.165) is 18.4 Å². The van der Waals surface area contributed by atoms with Crippen molar-refractivity contribution in [1.82, 2.24) is 5.32 Å². The molecule has 1 aliphatic carbocycles. The van der Waals surface area contributed by atoms with Crippen molar-refractivity contribution in [2.24, 2.45) is 11.8 Å². The molecule has 3 unspecified atom stereocenters. The summed E-state index contributed by atoms with van der Waals surface area (Å²) in [6, 6.07) is 0. The zero-order chi connectivity index (χ0) is 10.4. The van der Waals surface area contributed by atoms with Crippen molar-refractivity contribution in [3.05, 3.63) is 0 Å². The van der Waals surface area contributed by atoms with Crippen LogP contribution in [0, 0.1) is 11.8 Å². The largest absolute Gasteiger partial charge is 0.389 e. The van der Waals surface area contributed by atoms with Crippen LogP contribution in [0.25, 0.3) is 0 Å². The lowest BCUT2D eigenvalue weighted by Gasteiger charge is -2.17. The van der Waals surface area contributed by atoms with Gasteiger partial charge in [-0.25, -0.2) is 0 Å². The van der Waals surface area contributed by atoms with Crippen molar-refractivity contribution < 1.29 is 9.84 Å². The second-order valence-corrected chi connectivity index (χ2v) is 4.44. The summed E-state index contributed by atoms with van der Waals surface area (Å²) in [6.07, 6.45) is 3.71. The predicted molar refractivity (Wildman–Crippen MR) is 57.3 cm³/mol. The van der Waals surface area contributed by atoms with Gasteiger partial charge in [0.2, 0.25) is 0 Å². The van der Waals surface area contributed by atoms with Gasteiger partial charge < -0.3 is 15.2 Å². The smallest absolute Gasteiger partial charge is 0.0897 e. The van der Waals surface area contributed by atoms with Crippen LogP contribution in [0.1, 0.15) is 26.2 Å². The predicted octanol–water partition coefficient (Wildman–Crippen LogP) is 1.02. The number of hydrogen-bond acceptors (Lipinski definition) is 3. The lowest BCUT2D eigenvalue weighted by molar-refractivity contribution is 0.0637. The van der Waals surface area contributed by atoms with Crippen LogP contribution in [0.5, 0.6) is 0 Å². The highest BCUT2D eigenvalue weighted by molar-refractivity contribution is 4.76. The maximum Gasteiger partial charge on any atom is 0.0897 e. The lowest BCUT2D eigenvalue weighted by Crippen LogP contribution is -2.33. The molecule has 0 heterocycles. The van der Waals surface area contributed by atoms with Gasteiger partial charge in [-0.15, -0.1) is 0 Å². The summed E-state index contributed by atoms with van der Waals surface area (Å²) in [7, 11) is 1.61. The van der Waals surface area contributed by atoms with Crippen molar-refractivity contribution in [3.8, 4) is 0 Å². The van der Waals surface area contributed by atoms with Crippen LogP contribution in [0.15, 0.2) is 0 Å². The molecule has 0 radical (unpaired) electrons. The van der Waals surface area contributed by atoms with E-state index >= 15 is 0 Å². The second-order valence-electron chi connectivity index (χ2n) is 4.44. The van der Waals surface area contributed by atoms with Crippen molar-refractivity contribution in [1.29, 1.82) is 0 Å². The summed E-state index contributed by atoms with van der Waals surface area (Å²) in [5, 5.41) is 12.7. The molecular weight excluding hydrogens is 178 g/mol. The Kier molecular flexibility index (Phi) is 5.45. The monoisotopic (exact) mass is 201 g/mol. The molecule has 0 amide bonds. The van der Waals surface area contributed by atoms with Crippen LogP contribution in [0.2, 0.25) is 0 Å². The zero-order valence-electron chi connectivity index (χ0n) is 9.33. The Bertz CT molecular complexity index is 152. The maximum atomic E-state index is 9.40. The third-order valence-corrected chi connectivity index (χ3v) is 3.18. The third-order valence-electron chi connectivity index (χ3n) is 3.18. The van der Waals surface area contributed by atoms with Crippen LogP contribution >= 0.6 is 0 Å². The maximum absolute atomic E-state index is 9.40. The van der Waals surface area contributed by atoms with Crippen LogP contribution in [0.4, 0.5) is 0 Å². The number of rotatable bonds is 6. The van der Waals surface area contributed by atoms with Crippen molar-refractivity contribution in [2.75, 3.05) is 26.8 Å². The summed E-state index contributed by atoms with van der Waals surface area (Å²) in [6.45, 7) is 4.44. The van der Waals surface area contributed by atoms with Crippen LogP contribution in [0.3, 0.4) is 0 Å². The molecule has 3 atom stereocenters. The van der Waals surface area contributed by atoms with Gasteiger partial charge in [0.25, 0.3) is 0 Å². The van der Waals surface area contributed by atoms with E-state index in [1.165, 1.54) is 19.3 Å². The van der Waals surface area contributed by atoms with Crippen molar-refractivity contribution >= 4 is 0 Å². The number of methoxy groups -OCH3 is 1. The van der Waals surface area contributed by atoms with E-state index in [9.17, 15) is 5.11 Å². The molecule has 0 aromatic rings. The molecule has 84 valence electrons. The molecule has 0 bridgehead atoms. The fraction of sp³-hybridized carbons (Fsp3) is 1.00. The lowest BCUT2D eigenvalue weighted by atomic mass is 9.98. The SMILES string of the molecule is COCC(O)CNCC1CCCC1C.